The topological polar surface area (TPSA) is 445 Å². The van der Waals surface area contributed by atoms with Crippen molar-refractivity contribution < 1.29 is 87.3 Å². The molecule has 0 saturated carbocycles. The van der Waals surface area contributed by atoms with E-state index >= 15 is 14.4 Å². The van der Waals surface area contributed by atoms with Crippen molar-refractivity contribution in [1.29, 1.82) is 0 Å². The molecule has 1 saturated heterocycles. The number of carbonyl (C=O) groups is 8. The zero-order chi connectivity index (χ0) is 69.2. The number of aliphatic hydroxyl groups is 2. The van der Waals surface area contributed by atoms with Crippen molar-refractivity contribution in [3.63, 3.8) is 0 Å². The number of hydrogen-bond donors (Lipinski definition) is 10. The van der Waals surface area contributed by atoms with E-state index in [0.29, 0.717) is 4.73 Å². The van der Waals surface area contributed by atoms with Crippen LogP contribution in [0.15, 0.2) is 69.2 Å². The van der Waals surface area contributed by atoms with Gasteiger partial charge in [0.2, 0.25) is 12.1 Å². The lowest BCUT2D eigenvalue weighted by Gasteiger charge is -2.48. The zero-order valence-corrected chi connectivity index (χ0v) is 56.0. The molecule has 10 unspecified atom stereocenters. The van der Waals surface area contributed by atoms with Gasteiger partial charge in [-0.25, -0.2) is 39.5 Å². The van der Waals surface area contributed by atoms with E-state index in [1.54, 1.807) is 38.9 Å². The second-order valence-electron chi connectivity index (χ2n) is 23.0. The molecule has 1 aromatic carbocycles. The van der Waals surface area contributed by atoms with Gasteiger partial charge < -0.3 is 86.2 Å². The predicted molar refractivity (Wildman–Crippen MR) is 345 cm³/mol. The van der Waals surface area contributed by atoms with E-state index in [0.717, 1.165) is 56.7 Å². The highest BCUT2D eigenvalue weighted by atomic mass is 32.1. The average Bonchev–Trinajstić information content (AvgIpc) is 1.64. The lowest BCUT2D eigenvalue weighted by molar-refractivity contribution is -0.280. The number of fused-ring (bicyclic) bond motifs is 15. The Kier molecular flexibility index (Phi) is 18.6. The molecule has 1 fully saturated rings. The maximum absolute atomic E-state index is 15.3. The number of methoxy groups -OCH3 is 1. The van der Waals surface area contributed by atoms with Crippen LogP contribution in [0.2, 0.25) is 0 Å². The van der Waals surface area contributed by atoms with Crippen molar-refractivity contribution in [2.24, 2.45) is 5.73 Å². The third kappa shape index (κ3) is 13.2. The van der Waals surface area contributed by atoms with Crippen molar-refractivity contribution in [1.82, 2.24) is 66.1 Å². The van der Waals surface area contributed by atoms with Crippen LogP contribution in [-0.2, 0) is 56.0 Å². The van der Waals surface area contributed by atoms with Crippen molar-refractivity contribution >= 4 is 121 Å². The van der Waals surface area contributed by atoms with E-state index in [1.807, 2.05) is 0 Å². The fourth-order valence-electron chi connectivity index (χ4n) is 11.6. The first-order valence-electron chi connectivity index (χ1n) is 29.2. The number of nitrogens with one attached hydrogen (secondary N) is 5. The van der Waals surface area contributed by atoms with E-state index in [2.05, 4.69) is 48.1 Å². The van der Waals surface area contributed by atoms with Crippen molar-refractivity contribution in [3.05, 3.63) is 124 Å². The number of amides is 6. The van der Waals surface area contributed by atoms with Crippen LogP contribution in [-0.4, -0.2) is 177 Å². The molecule has 0 spiro atoms. The number of allylic oxidation sites excluding steroid dienone is 1. The maximum atomic E-state index is 15.3. The summed E-state index contributed by atoms with van der Waals surface area (Å²) in [6.45, 7) is 8.30. The number of thiazole rings is 5. The van der Waals surface area contributed by atoms with Crippen molar-refractivity contribution in [3.8, 4) is 38.4 Å². The predicted octanol–water partition coefficient (Wildman–Crippen LogP) is 3.85. The lowest BCUT2D eigenvalue weighted by Crippen LogP contribution is -2.62. The Labute approximate surface area is 568 Å². The Morgan fingerprint density at radius 2 is 1.53 bits per heavy atom. The van der Waals surface area contributed by atoms with E-state index in [4.69, 9.17) is 49.1 Å². The summed E-state index contributed by atoms with van der Waals surface area (Å²) in [4.78, 5) is 144. The first kappa shape index (κ1) is 67.4. The number of esters is 2. The van der Waals surface area contributed by atoms with Gasteiger partial charge in [-0.05, 0) is 59.5 Å². The summed E-state index contributed by atoms with van der Waals surface area (Å²) < 4.78 is 38.3. The molecule has 4 aliphatic rings. The molecule has 11 N–H and O–H groups in total. The molecule has 4 aliphatic heterocycles. The fraction of sp³-hybridized carbons (Fsp3) is 0.333. The number of aliphatic hydroxyl groups excluding tert-OH is 1. The average molecular weight is 1420 g/mol. The molecule has 6 amide bonds. The fourth-order valence-corrected chi connectivity index (χ4v) is 15.7. The number of rotatable bonds is 9. The second kappa shape index (κ2) is 26.8. The quantitative estimate of drug-likeness (QED) is 0.0424. The van der Waals surface area contributed by atoms with Crippen LogP contribution in [0.25, 0.3) is 49.3 Å². The molecule has 7 aromatic heterocycles. The Morgan fingerprint density at radius 3 is 2.24 bits per heavy atom. The number of nitrogens with two attached hydrogens (primary N) is 1. The molecule has 8 aromatic rings. The van der Waals surface area contributed by atoms with Gasteiger partial charge in [-0.2, -0.15) is 4.73 Å². The number of cyclic esters (lactones) is 1. The summed E-state index contributed by atoms with van der Waals surface area (Å²) >= 11 is 4.29. The van der Waals surface area contributed by atoms with E-state index in [-0.39, 0.29) is 110 Å². The molecule has 0 radical (unpaired) electrons. The largest absolute Gasteiger partial charge is 0.506 e. The molecule has 12 rings (SSSR count). The highest BCUT2D eigenvalue weighted by molar-refractivity contribution is 7.14. The number of aromatic hydroxyl groups is 1. The third-order valence-electron chi connectivity index (χ3n) is 16.0. The molecule has 10 atom stereocenters. The summed E-state index contributed by atoms with van der Waals surface area (Å²) in [5.74, 6) is -8.56. The van der Waals surface area contributed by atoms with Crippen molar-refractivity contribution in [2.75, 3.05) is 21.2 Å². The van der Waals surface area contributed by atoms with Crippen molar-refractivity contribution in [2.45, 2.75) is 108 Å². The van der Waals surface area contributed by atoms with Gasteiger partial charge in [-0.1, -0.05) is 18.7 Å². The number of hydrogen-bond acceptors (Lipinski definition) is 30. The summed E-state index contributed by atoms with van der Waals surface area (Å²) in [5, 5.41) is 66.7. The molecule has 11 heterocycles. The summed E-state index contributed by atoms with van der Waals surface area (Å²) in [6.07, 6.45) is -9.41. The number of aromatic nitrogens is 7. The van der Waals surface area contributed by atoms with Gasteiger partial charge in [0.15, 0.2) is 23.1 Å². The number of pyridine rings is 1. The summed E-state index contributed by atoms with van der Waals surface area (Å²) in [7, 11) is 4.83. The minimum absolute atomic E-state index is 0.0137. The second-order valence-corrected chi connectivity index (χ2v) is 27.3. The minimum Gasteiger partial charge on any atom is -0.506 e. The highest BCUT2D eigenvalue weighted by Gasteiger charge is 2.50. The van der Waals surface area contributed by atoms with Crippen LogP contribution in [0.4, 0.5) is 0 Å². The number of ether oxygens (including phenoxy) is 6. The van der Waals surface area contributed by atoms with Gasteiger partial charge in [0, 0.05) is 49.8 Å². The van der Waals surface area contributed by atoms with Gasteiger partial charge in [0.25, 0.3) is 29.5 Å². The minimum atomic E-state index is -1.92. The first-order valence-corrected chi connectivity index (χ1v) is 33.6. The molecule has 506 valence electrons. The Morgan fingerprint density at radius 1 is 0.866 bits per heavy atom. The Balaban J connectivity index is 1.05. The third-order valence-corrected chi connectivity index (χ3v) is 20.4. The van der Waals surface area contributed by atoms with Crippen LogP contribution in [0, 0.1) is 0 Å². The SMILES string of the molecule is C=C(NC(=O)c1csc(-c2nc3c(cc2O)-c2nc(cs2)C(=O)NC(C(C)O)C(=O)NC(=C(C)OC)c2nc(cs2)C(=O)NC2c4nc(cs4)C(=O)NC(OC(=O)c4c5c6c(cccc6n4O)COC(=O)C(OC4CC(C)(O)C(N(C)C)C(C)O4)C2OC5)c2nc-3cs2)n1)C(N)=O. The van der Waals surface area contributed by atoms with Gasteiger partial charge in [-0.15, -0.1) is 56.7 Å². The maximum Gasteiger partial charge on any atom is 0.361 e. The van der Waals surface area contributed by atoms with E-state index in [9.17, 15) is 44.5 Å². The number of primary amides is 1. The van der Waals surface area contributed by atoms with Gasteiger partial charge >= 0.3 is 11.9 Å². The molecule has 32 nitrogen and oxygen atoms in total. The van der Waals surface area contributed by atoms with Crippen LogP contribution < -0.4 is 32.3 Å². The monoisotopic (exact) mass is 1420 g/mol. The Bertz CT molecular complexity index is 4590. The molecule has 12 bridgehead atoms. The molecular formula is C60H58N14O18S5. The van der Waals surface area contributed by atoms with Crippen LogP contribution in [0.3, 0.4) is 0 Å². The smallest absolute Gasteiger partial charge is 0.361 e. The van der Waals surface area contributed by atoms with E-state index < -0.39 is 138 Å². The number of carbonyl (C=O) groups excluding carboxylic acids is 8. The summed E-state index contributed by atoms with van der Waals surface area (Å²) in [5.41, 5.74) is 1.51. The molecular weight excluding hydrogens is 1370 g/mol. The zero-order valence-electron chi connectivity index (χ0n) is 51.9. The number of nitrogens with zero attached hydrogens (tertiary/aromatic N) is 8. The number of benzene rings is 1. The first-order chi connectivity index (χ1) is 46.2. The van der Waals surface area contributed by atoms with E-state index in [1.165, 1.54) is 66.1 Å². The highest BCUT2D eigenvalue weighted by Crippen LogP contribution is 2.43. The summed E-state index contributed by atoms with van der Waals surface area (Å²) in [6, 6.07) is 1.91. The molecule has 37 heteroatoms. The molecule has 0 aliphatic carbocycles. The van der Waals surface area contributed by atoms with Crippen LogP contribution >= 0.6 is 56.7 Å². The van der Waals surface area contributed by atoms with Crippen LogP contribution in [0.5, 0.6) is 5.75 Å². The lowest BCUT2D eigenvalue weighted by atomic mass is 9.85. The van der Waals surface area contributed by atoms with Gasteiger partial charge in [-0.3, -0.25) is 28.8 Å². The van der Waals surface area contributed by atoms with Crippen LogP contribution in [0.1, 0.15) is 125 Å². The Hall–Kier alpha value is -9.54. The normalized spacial score (nSPS) is 24.0. The van der Waals surface area contributed by atoms with Gasteiger partial charge in [0.05, 0.1) is 48.8 Å². The number of likely N-dealkylation sites (N-methyl/N-ethyl adjacent to an activating group) is 1. The molecule has 97 heavy (non-hydrogen) atoms. The standard InChI is InChI=1S/C60H58N14O18S5/c1-21(46(61)77)62-47(78)29-18-95-55(66-29)40-34(76)12-26-39(68-40)28-16-97-57(63-28)52-72-50(81)32-20-96-56(67-32)41(71-49(80)31-19-94-54(65-31)38(23(3)87-8)70-51(82)37(22(2)75)69-48(79)30-17-93-53(26)64-30)43-44(91-35-13-60(5,85)45(73(6)7)24(4)90-35)59(84)89-14-25-10-9-11-33-36(25)27(15-88-43)42(74(33)86)58(83)92-52/h9-12,16-20,22,24,35,37,41,43-45,52,75-76,85-86H,1,13-15H2,2-8H3,(H2,61,77)(H,62,78)(H,69,79)(H,70,82)(H,71,80)(H,72,81). The van der Waals surface area contributed by atoms with Gasteiger partial charge in [0.1, 0.15) is 102 Å².